The molecule has 0 saturated carbocycles. The first-order valence-corrected chi connectivity index (χ1v) is 7.18. The molecule has 0 amide bonds. The largest absolute Gasteiger partial charge is 0.496 e. The minimum atomic E-state index is -0.412. The first-order valence-electron chi connectivity index (χ1n) is 7.18. The summed E-state index contributed by atoms with van der Waals surface area (Å²) in [6, 6.07) is 6.51. The number of benzene rings is 1. The Bertz CT molecular complexity index is 419. The second-order valence-corrected chi connectivity index (χ2v) is 5.58. The molecule has 1 aromatic carbocycles. The van der Waals surface area contributed by atoms with Gasteiger partial charge in [-0.25, -0.2) is 0 Å². The minimum absolute atomic E-state index is 0.412. The molecule has 2 atom stereocenters. The molecule has 0 spiro atoms. The molecule has 1 N–H and O–H groups in total. The highest BCUT2D eigenvalue weighted by atomic mass is 16.5. The Morgan fingerprint density at radius 1 is 1.42 bits per heavy atom. The van der Waals surface area contributed by atoms with Crippen molar-refractivity contribution in [1.29, 1.82) is 0 Å². The molecule has 0 radical (unpaired) electrons. The van der Waals surface area contributed by atoms with Gasteiger partial charge in [0.25, 0.3) is 0 Å². The number of aryl methyl sites for hydroxylation is 1. The van der Waals surface area contributed by atoms with Crippen LogP contribution >= 0.6 is 0 Å². The zero-order chi connectivity index (χ0) is 13.8. The highest BCUT2D eigenvalue weighted by molar-refractivity contribution is 5.37. The van der Waals surface area contributed by atoms with E-state index < -0.39 is 6.10 Å². The van der Waals surface area contributed by atoms with Crippen LogP contribution in [-0.4, -0.2) is 36.2 Å². The Morgan fingerprint density at radius 3 is 2.84 bits per heavy atom. The van der Waals surface area contributed by atoms with Gasteiger partial charge < -0.3 is 9.84 Å². The van der Waals surface area contributed by atoms with Crippen LogP contribution in [0.1, 0.15) is 43.4 Å². The van der Waals surface area contributed by atoms with Crippen molar-refractivity contribution in [2.75, 3.05) is 20.2 Å². The van der Waals surface area contributed by atoms with E-state index in [0.29, 0.717) is 6.04 Å². The number of β-amino-alcohol motifs (C(OH)–C–C–N with tert-alkyl or cyclic N) is 1. The molecule has 1 saturated heterocycles. The Balaban J connectivity index is 2.02. The Kier molecular flexibility index (Phi) is 4.83. The lowest BCUT2D eigenvalue weighted by molar-refractivity contribution is 0.0732. The molecule has 1 aliphatic rings. The number of likely N-dealkylation sites (tertiary alicyclic amines) is 1. The molecule has 3 heteroatoms. The average molecular weight is 263 g/mol. The van der Waals surface area contributed by atoms with Gasteiger partial charge in [-0.05, 0) is 56.5 Å². The summed E-state index contributed by atoms with van der Waals surface area (Å²) < 4.78 is 5.25. The van der Waals surface area contributed by atoms with E-state index in [1.807, 2.05) is 25.1 Å². The van der Waals surface area contributed by atoms with Gasteiger partial charge in [-0.1, -0.05) is 12.5 Å². The fourth-order valence-electron chi connectivity index (χ4n) is 2.87. The number of rotatable bonds is 4. The zero-order valence-corrected chi connectivity index (χ0v) is 12.2. The zero-order valence-electron chi connectivity index (χ0n) is 12.2. The van der Waals surface area contributed by atoms with Crippen LogP contribution in [0.3, 0.4) is 0 Å². The number of aliphatic hydroxyl groups excluding tert-OH is 1. The van der Waals surface area contributed by atoms with Gasteiger partial charge in [-0.15, -0.1) is 0 Å². The Hall–Kier alpha value is -1.06. The first kappa shape index (κ1) is 14.4. The summed E-state index contributed by atoms with van der Waals surface area (Å²) >= 11 is 0. The van der Waals surface area contributed by atoms with Crippen molar-refractivity contribution in [2.45, 2.75) is 45.3 Å². The molecule has 0 aromatic heterocycles. The van der Waals surface area contributed by atoms with Crippen LogP contribution in [0.4, 0.5) is 0 Å². The normalized spacial score (nSPS) is 22.2. The standard InChI is InChI=1S/C16H25NO2/c1-12-10-14(7-8-16(12)19-3)15(18)11-17-9-5-4-6-13(17)2/h7-8,10,13,15,18H,4-6,9,11H2,1-3H3. The average Bonchev–Trinajstić information content (AvgIpc) is 2.41. The lowest BCUT2D eigenvalue weighted by atomic mass is 10.0. The summed E-state index contributed by atoms with van der Waals surface area (Å²) in [5.41, 5.74) is 2.06. The number of nitrogens with zero attached hydrogens (tertiary/aromatic N) is 1. The third-order valence-electron chi connectivity index (χ3n) is 4.15. The van der Waals surface area contributed by atoms with Gasteiger partial charge in [0.1, 0.15) is 5.75 Å². The molecule has 2 rings (SSSR count). The molecular weight excluding hydrogens is 238 g/mol. The van der Waals surface area contributed by atoms with Crippen molar-refractivity contribution in [3.05, 3.63) is 29.3 Å². The topological polar surface area (TPSA) is 32.7 Å². The summed E-state index contributed by atoms with van der Waals surface area (Å²) in [5.74, 6) is 0.877. The van der Waals surface area contributed by atoms with Gasteiger partial charge in [0.05, 0.1) is 13.2 Å². The first-order chi connectivity index (χ1) is 9.11. The summed E-state index contributed by atoms with van der Waals surface area (Å²) in [4.78, 5) is 2.40. The maximum Gasteiger partial charge on any atom is 0.121 e. The smallest absolute Gasteiger partial charge is 0.121 e. The van der Waals surface area contributed by atoms with Crippen molar-refractivity contribution in [1.82, 2.24) is 4.90 Å². The van der Waals surface area contributed by atoms with Crippen LogP contribution in [0.15, 0.2) is 18.2 Å². The fourth-order valence-corrected chi connectivity index (χ4v) is 2.87. The minimum Gasteiger partial charge on any atom is -0.496 e. The third-order valence-corrected chi connectivity index (χ3v) is 4.15. The monoisotopic (exact) mass is 263 g/mol. The maximum absolute atomic E-state index is 10.4. The van der Waals surface area contributed by atoms with Gasteiger partial charge >= 0.3 is 0 Å². The SMILES string of the molecule is COc1ccc(C(O)CN2CCCCC2C)cc1C. The predicted octanol–water partition coefficient (Wildman–Crippen LogP) is 2.91. The van der Waals surface area contributed by atoms with Crippen LogP contribution in [-0.2, 0) is 0 Å². The molecule has 1 aromatic rings. The molecule has 1 fully saturated rings. The van der Waals surface area contributed by atoms with Gasteiger partial charge in [-0.2, -0.15) is 0 Å². The number of ether oxygens (including phenoxy) is 1. The summed E-state index contributed by atoms with van der Waals surface area (Å²) in [6.45, 7) is 6.10. The second-order valence-electron chi connectivity index (χ2n) is 5.58. The number of methoxy groups -OCH3 is 1. The van der Waals surface area contributed by atoms with Gasteiger partial charge in [0.15, 0.2) is 0 Å². The molecule has 106 valence electrons. The molecule has 2 unspecified atom stereocenters. The van der Waals surface area contributed by atoms with Crippen molar-refractivity contribution in [3.63, 3.8) is 0 Å². The van der Waals surface area contributed by atoms with Gasteiger partial charge in [-0.3, -0.25) is 4.90 Å². The molecule has 1 heterocycles. The second kappa shape index (κ2) is 6.40. The van der Waals surface area contributed by atoms with E-state index in [1.54, 1.807) is 7.11 Å². The number of hydrogen-bond donors (Lipinski definition) is 1. The lowest BCUT2D eigenvalue weighted by Crippen LogP contribution is -2.40. The van der Waals surface area contributed by atoms with E-state index in [9.17, 15) is 5.11 Å². The highest BCUT2D eigenvalue weighted by Gasteiger charge is 2.21. The maximum atomic E-state index is 10.4. The van der Waals surface area contributed by atoms with E-state index >= 15 is 0 Å². The van der Waals surface area contributed by atoms with Gasteiger partial charge in [0, 0.05) is 12.6 Å². The molecule has 0 aliphatic carbocycles. The van der Waals surface area contributed by atoms with Gasteiger partial charge in [0.2, 0.25) is 0 Å². The highest BCUT2D eigenvalue weighted by Crippen LogP contribution is 2.25. The van der Waals surface area contributed by atoms with Crippen LogP contribution in [0, 0.1) is 6.92 Å². The van der Waals surface area contributed by atoms with E-state index in [2.05, 4.69) is 11.8 Å². The van der Waals surface area contributed by atoms with Crippen molar-refractivity contribution in [3.8, 4) is 5.75 Å². The van der Waals surface area contributed by atoms with Crippen molar-refractivity contribution < 1.29 is 9.84 Å². The number of hydrogen-bond acceptors (Lipinski definition) is 3. The Morgan fingerprint density at radius 2 is 2.21 bits per heavy atom. The molecule has 19 heavy (non-hydrogen) atoms. The van der Waals surface area contributed by atoms with Crippen LogP contribution in [0.25, 0.3) is 0 Å². The predicted molar refractivity (Wildman–Crippen MR) is 77.6 cm³/mol. The number of piperidine rings is 1. The van der Waals surface area contributed by atoms with Crippen molar-refractivity contribution >= 4 is 0 Å². The van der Waals surface area contributed by atoms with Crippen LogP contribution in [0.2, 0.25) is 0 Å². The van der Waals surface area contributed by atoms with E-state index in [1.165, 1.54) is 19.3 Å². The summed E-state index contributed by atoms with van der Waals surface area (Å²) in [6.07, 6.45) is 3.40. The summed E-state index contributed by atoms with van der Waals surface area (Å²) in [7, 11) is 1.67. The molecule has 1 aliphatic heterocycles. The van der Waals surface area contributed by atoms with Crippen LogP contribution in [0.5, 0.6) is 5.75 Å². The third kappa shape index (κ3) is 3.48. The van der Waals surface area contributed by atoms with Crippen LogP contribution < -0.4 is 4.74 Å². The Labute approximate surface area is 116 Å². The fraction of sp³-hybridized carbons (Fsp3) is 0.625. The van der Waals surface area contributed by atoms with E-state index in [-0.39, 0.29) is 0 Å². The quantitative estimate of drug-likeness (QED) is 0.906. The number of aliphatic hydroxyl groups is 1. The molecule has 0 bridgehead atoms. The van der Waals surface area contributed by atoms with Crippen molar-refractivity contribution in [2.24, 2.45) is 0 Å². The van der Waals surface area contributed by atoms with E-state index in [0.717, 1.165) is 30.0 Å². The molecule has 3 nitrogen and oxygen atoms in total. The molecular formula is C16H25NO2. The summed E-state index contributed by atoms with van der Waals surface area (Å²) in [5, 5.41) is 10.4. The lowest BCUT2D eigenvalue weighted by Gasteiger charge is -2.34. The van der Waals surface area contributed by atoms with E-state index in [4.69, 9.17) is 4.74 Å².